The van der Waals surface area contributed by atoms with Crippen molar-refractivity contribution in [1.29, 1.82) is 0 Å². The van der Waals surface area contributed by atoms with Gasteiger partial charge in [-0.1, -0.05) is 18.2 Å². The van der Waals surface area contributed by atoms with Crippen LogP contribution in [0.4, 0.5) is 0 Å². The molecule has 25 heavy (non-hydrogen) atoms. The van der Waals surface area contributed by atoms with E-state index in [1.807, 2.05) is 42.5 Å². The minimum absolute atomic E-state index is 0.0153. The van der Waals surface area contributed by atoms with Crippen molar-refractivity contribution in [3.8, 4) is 5.75 Å². The van der Waals surface area contributed by atoms with E-state index in [4.69, 9.17) is 10.5 Å². The van der Waals surface area contributed by atoms with E-state index in [1.165, 1.54) is 0 Å². The molecular weight excluding hydrogens is 318 g/mol. The molecule has 7 nitrogen and oxygen atoms in total. The molecule has 4 N–H and O–H groups in total. The number of nitrogens with one attached hydrogen (secondary N) is 2. The fourth-order valence-electron chi connectivity index (χ4n) is 2.08. The van der Waals surface area contributed by atoms with Gasteiger partial charge in [-0.25, -0.2) is 4.99 Å². The number of nitrogens with zero attached hydrogens (tertiary/aromatic N) is 2. The molecule has 1 amide bonds. The van der Waals surface area contributed by atoms with E-state index in [9.17, 15) is 4.79 Å². The quantitative estimate of drug-likeness (QED) is 0.488. The number of amides is 1. The highest BCUT2D eigenvalue weighted by Gasteiger charge is 2.01. The number of nitrogens with two attached hydrogens (primary N) is 1. The fourth-order valence-corrected chi connectivity index (χ4v) is 2.08. The molecule has 132 valence electrons. The summed E-state index contributed by atoms with van der Waals surface area (Å²) in [5, 5.41) is 5.76. The summed E-state index contributed by atoms with van der Waals surface area (Å²) >= 11 is 0. The van der Waals surface area contributed by atoms with Crippen molar-refractivity contribution in [3.63, 3.8) is 0 Å². The first-order chi connectivity index (χ1) is 12.2. The lowest BCUT2D eigenvalue weighted by atomic mass is 10.2. The molecule has 0 unspecified atom stereocenters. The smallest absolute Gasteiger partial charge is 0.242 e. The van der Waals surface area contributed by atoms with Gasteiger partial charge in [0.05, 0.1) is 7.11 Å². The summed E-state index contributed by atoms with van der Waals surface area (Å²) < 4.78 is 5.09. The van der Waals surface area contributed by atoms with Crippen molar-refractivity contribution in [2.75, 3.05) is 20.2 Å². The number of hydrogen-bond donors (Lipinski definition) is 3. The highest BCUT2D eigenvalue weighted by molar-refractivity contribution is 5.83. The van der Waals surface area contributed by atoms with Crippen LogP contribution in [0.1, 0.15) is 11.3 Å². The molecule has 0 aliphatic carbocycles. The Morgan fingerprint density at radius 2 is 2.00 bits per heavy atom. The molecule has 0 fully saturated rings. The Balaban J connectivity index is 1.66. The number of guanidine groups is 1. The number of benzene rings is 1. The maximum absolute atomic E-state index is 11.8. The van der Waals surface area contributed by atoms with Crippen LogP contribution in [0, 0.1) is 0 Å². The monoisotopic (exact) mass is 341 g/mol. The minimum atomic E-state index is -0.190. The summed E-state index contributed by atoms with van der Waals surface area (Å²) in [4.78, 5) is 20.0. The maximum Gasteiger partial charge on any atom is 0.242 e. The van der Waals surface area contributed by atoms with Crippen molar-refractivity contribution < 1.29 is 9.53 Å². The summed E-state index contributed by atoms with van der Waals surface area (Å²) in [5.41, 5.74) is 7.71. The van der Waals surface area contributed by atoms with Crippen molar-refractivity contribution in [2.45, 2.75) is 13.0 Å². The van der Waals surface area contributed by atoms with E-state index in [1.54, 1.807) is 13.3 Å². The number of hydrogen-bond acceptors (Lipinski definition) is 4. The molecule has 0 aliphatic rings. The lowest BCUT2D eigenvalue weighted by Gasteiger charge is -2.07. The third-order valence-corrected chi connectivity index (χ3v) is 3.46. The molecule has 0 atom stereocenters. The molecule has 0 saturated carbocycles. The number of carbonyl (C=O) groups is 1. The fraction of sp³-hybridized carbons (Fsp3) is 0.278. The van der Waals surface area contributed by atoms with Crippen molar-refractivity contribution in [1.82, 2.24) is 15.6 Å². The molecule has 0 bridgehead atoms. The summed E-state index contributed by atoms with van der Waals surface area (Å²) in [5.74, 6) is 0.838. The first-order valence-electron chi connectivity index (χ1n) is 8.00. The minimum Gasteiger partial charge on any atom is -0.497 e. The van der Waals surface area contributed by atoms with Crippen molar-refractivity contribution >= 4 is 11.9 Å². The third-order valence-electron chi connectivity index (χ3n) is 3.46. The summed E-state index contributed by atoms with van der Waals surface area (Å²) in [7, 11) is 1.61. The van der Waals surface area contributed by atoms with E-state index in [-0.39, 0.29) is 18.4 Å². The Kier molecular flexibility index (Phi) is 7.24. The average molecular weight is 341 g/mol. The Morgan fingerprint density at radius 3 is 2.68 bits per heavy atom. The molecule has 0 radical (unpaired) electrons. The van der Waals surface area contributed by atoms with Gasteiger partial charge >= 0.3 is 0 Å². The Bertz CT molecular complexity index is 686. The summed E-state index contributed by atoms with van der Waals surface area (Å²) in [6.07, 6.45) is 2.49. The second kappa shape index (κ2) is 9.92. The third kappa shape index (κ3) is 6.90. The van der Waals surface area contributed by atoms with Gasteiger partial charge in [0.1, 0.15) is 12.3 Å². The first-order valence-corrected chi connectivity index (χ1v) is 8.00. The van der Waals surface area contributed by atoms with Crippen LogP contribution < -0.4 is 21.1 Å². The number of methoxy groups -OCH3 is 1. The van der Waals surface area contributed by atoms with Crippen LogP contribution in [0.3, 0.4) is 0 Å². The van der Waals surface area contributed by atoms with Gasteiger partial charge < -0.3 is 21.1 Å². The Hall–Kier alpha value is -3.09. The maximum atomic E-state index is 11.8. The van der Waals surface area contributed by atoms with E-state index in [0.29, 0.717) is 13.1 Å². The van der Waals surface area contributed by atoms with Crippen LogP contribution in [-0.2, 0) is 17.8 Å². The first kappa shape index (κ1) is 18.3. The van der Waals surface area contributed by atoms with E-state index >= 15 is 0 Å². The van der Waals surface area contributed by atoms with Crippen LogP contribution >= 0.6 is 0 Å². The van der Waals surface area contributed by atoms with Crippen molar-refractivity contribution in [2.24, 2.45) is 10.7 Å². The van der Waals surface area contributed by atoms with E-state index in [0.717, 1.165) is 23.4 Å². The number of rotatable bonds is 8. The predicted octanol–water partition coefficient (Wildman–Crippen LogP) is 0.853. The zero-order chi connectivity index (χ0) is 17.9. The highest BCUT2D eigenvalue weighted by Crippen LogP contribution is 2.10. The number of aromatic nitrogens is 1. The molecule has 7 heteroatoms. The molecule has 2 rings (SSSR count). The van der Waals surface area contributed by atoms with Crippen molar-refractivity contribution in [3.05, 3.63) is 59.9 Å². The second-order valence-electron chi connectivity index (χ2n) is 5.32. The van der Waals surface area contributed by atoms with Crippen LogP contribution in [0.15, 0.2) is 53.7 Å². The second-order valence-corrected chi connectivity index (χ2v) is 5.32. The normalized spacial score (nSPS) is 11.0. The Morgan fingerprint density at radius 1 is 1.20 bits per heavy atom. The van der Waals surface area contributed by atoms with Crippen LogP contribution in [0.2, 0.25) is 0 Å². The number of aliphatic imine (C=N–C) groups is 1. The largest absolute Gasteiger partial charge is 0.497 e. The molecule has 2 aromatic rings. The van der Waals surface area contributed by atoms with Gasteiger partial charge in [-0.05, 0) is 29.8 Å². The zero-order valence-electron chi connectivity index (χ0n) is 14.2. The number of carbonyl (C=O) groups excluding carboxylic acids is 1. The molecule has 0 spiro atoms. The number of ether oxygens (including phenoxy) is 1. The topological polar surface area (TPSA) is 102 Å². The lowest BCUT2D eigenvalue weighted by Crippen LogP contribution is -2.35. The molecular formula is C18H23N5O2. The zero-order valence-corrected chi connectivity index (χ0v) is 14.2. The van der Waals surface area contributed by atoms with Gasteiger partial charge in [0.25, 0.3) is 0 Å². The molecule has 1 aromatic carbocycles. The van der Waals surface area contributed by atoms with Gasteiger partial charge in [-0.2, -0.15) is 0 Å². The lowest BCUT2D eigenvalue weighted by molar-refractivity contribution is -0.119. The van der Waals surface area contributed by atoms with Crippen LogP contribution in [0.25, 0.3) is 0 Å². The molecule has 1 aromatic heterocycles. The van der Waals surface area contributed by atoms with Crippen LogP contribution in [-0.4, -0.2) is 37.1 Å². The number of pyridine rings is 1. The highest BCUT2D eigenvalue weighted by atomic mass is 16.5. The summed E-state index contributed by atoms with van der Waals surface area (Å²) in [6.45, 7) is 1.03. The molecule has 1 heterocycles. The van der Waals surface area contributed by atoms with Gasteiger partial charge in [-0.3, -0.25) is 9.78 Å². The SMILES string of the molecule is COc1ccc(CNC(=O)CN=C(N)NCCc2ccccn2)cc1. The molecule has 0 aliphatic heterocycles. The van der Waals surface area contributed by atoms with Gasteiger partial charge in [0, 0.05) is 31.4 Å². The van der Waals surface area contributed by atoms with E-state index < -0.39 is 0 Å². The average Bonchev–Trinajstić information content (AvgIpc) is 2.66. The molecule has 0 saturated heterocycles. The van der Waals surface area contributed by atoms with E-state index in [2.05, 4.69) is 20.6 Å². The standard InChI is InChI=1S/C18H23N5O2/c1-25-16-7-5-14(6-8-16)12-22-17(24)13-23-18(19)21-11-9-15-4-2-3-10-20-15/h2-8,10H,9,11-13H2,1H3,(H,22,24)(H3,19,21,23). The van der Waals surface area contributed by atoms with Gasteiger partial charge in [-0.15, -0.1) is 0 Å². The summed E-state index contributed by atoms with van der Waals surface area (Å²) in [6, 6.07) is 13.3. The van der Waals surface area contributed by atoms with Gasteiger partial charge in [0.15, 0.2) is 5.96 Å². The Labute approximate surface area is 147 Å². The predicted molar refractivity (Wildman–Crippen MR) is 97.3 cm³/mol. The van der Waals surface area contributed by atoms with Gasteiger partial charge in [0.2, 0.25) is 5.91 Å². The van der Waals surface area contributed by atoms with Crippen LogP contribution in [0.5, 0.6) is 5.75 Å².